The van der Waals surface area contributed by atoms with Crippen LogP contribution in [0, 0.1) is 0 Å². The summed E-state index contributed by atoms with van der Waals surface area (Å²) >= 11 is 0. The largest absolute Gasteiger partial charge is 0.481 e. The van der Waals surface area contributed by atoms with Crippen LogP contribution in [0.5, 0.6) is 5.75 Å². The highest BCUT2D eigenvalue weighted by Gasteiger charge is 2.51. The first-order valence-electron chi connectivity index (χ1n) is 8.25. The number of carbonyl (C=O) groups excluding carboxylic acids is 3. The highest BCUT2D eigenvalue weighted by Crippen LogP contribution is 2.35. The fourth-order valence-electron chi connectivity index (χ4n) is 2.35. The molecule has 7 nitrogen and oxygen atoms in total. The van der Waals surface area contributed by atoms with Crippen molar-refractivity contribution in [3.05, 3.63) is 29.8 Å². The second-order valence-electron chi connectivity index (χ2n) is 6.16. The van der Waals surface area contributed by atoms with Crippen LogP contribution in [0.1, 0.15) is 37.0 Å². The molecule has 7 heteroatoms. The van der Waals surface area contributed by atoms with Gasteiger partial charge in [-0.05, 0) is 38.8 Å². The van der Waals surface area contributed by atoms with Crippen molar-refractivity contribution in [1.29, 1.82) is 0 Å². The predicted octanol–water partition coefficient (Wildman–Crippen LogP) is 1.07. The van der Waals surface area contributed by atoms with Gasteiger partial charge in [0.25, 0.3) is 5.91 Å². The van der Waals surface area contributed by atoms with Crippen molar-refractivity contribution in [2.75, 3.05) is 20.3 Å². The Balaban J connectivity index is 1.91. The molecule has 0 aromatic heterocycles. The van der Waals surface area contributed by atoms with E-state index < -0.39 is 11.6 Å². The van der Waals surface area contributed by atoms with E-state index in [0.29, 0.717) is 37.3 Å². The molecule has 0 bridgehead atoms. The molecule has 136 valence electrons. The summed E-state index contributed by atoms with van der Waals surface area (Å²) in [5.74, 6) is -0.215. The smallest absolute Gasteiger partial charge is 0.261 e. The zero-order valence-corrected chi connectivity index (χ0v) is 14.8. The summed E-state index contributed by atoms with van der Waals surface area (Å²) in [6, 6.07) is 6.66. The summed E-state index contributed by atoms with van der Waals surface area (Å²) < 4.78 is 10.5. The maximum Gasteiger partial charge on any atom is 0.261 e. The van der Waals surface area contributed by atoms with Gasteiger partial charge in [-0.25, -0.2) is 0 Å². The van der Waals surface area contributed by atoms with E-state index in [9.17, 15) is 14.4 Å². The second kappa shape index (κ2) is 8.11. The maximum atomic E-state index is 12.3. The lowest BCUT2D eigenvalue weighted by atomic mass is 10.1. The van der Waals surface area contributed by atoms with Crippen molar-refractivity contribution in [2.24, 2.45) is 0 Å². The molecule has 1 aromatic rings. The van der Waals surface area contributed by atoms with Crippen molar-refractivity contribution >= 4 is 17.6 Å². The number of hydrogen-bond donors (Lipinski definition) is 2. The van der Waals surface area contributed by atoms with Gasteiger partial charge in [0.05, 0.1) is 6.61 Å². The number of methoxy groups -OCH3 is 1. The highest BCUT2D eigenvalue weighted by molar-refractivity contribution is 5.95. The van der Waals surface area contributed by atoms with Gasteiger partial charge in [0.1, 0.15) is 11.3 Å². The lowest BCUT2D eigenvalue weighted by molar-refractivity contribution is -0.133. The quantitative estimate of drug-likeness (QED) is 0.514. The van der Waals surface area contributed by atoms with Gasteiger partial charge in [-0.15, -0.1) is 0 Å². The summed E-state index contributed by atoms with van der Waals surface area (Å²) in [5, 5.41) is 5.51. The Labute approximate surface area is 147 Å². The van der Waals surface area contributed by atoms with Gasteiger partial charge in [-0.3, -0.25) is 14.4 Å². The van der Waals surface area contributed by atoms with Crippen LogP contribution in [-0.4, -0.2) is 49.5 Å². The molecule has 25 heavy (non-hydrogen) atoms. The van der Waals surface area contributed by atoms with Gasteiger partial charge in [-0.2, -0.15) is 0 Å². The topological polar surface area (TPSA) is 93.7 Å². The minimum atomic E-state index is -0.844. The summed E-state index contributed by atoms with van der Waals surface area (Å²) in [4.78, 5) is 35.9. The SMILES string of the molecule is COCCNC(=O)C1(NC(=O)C(C)Oc2cccc(C(C)=O)c2)CC1. The van der Waals surface area contributed by atoms with Gasteiger partial charge >= 0.3 is 0 Å². The van der Waals surface area contributed by atoms with E-state index in [4.69, 9.17) is 9.47 Å². The van der Waals surface area contributed by atoms with E-state index in [1.165, 1.54) is 6.92 Å². The molecule has 0 saturated heterocycles. The highest BCUT2D eigenvalue weighted by atomic mass is 16.5. The molecular formula is C18H24N2O5. The Hall–Kier alpha value is -2.41. The van der Waals surface area contributed by atoms with Gasteiger partial charge in [0.2, 0.25) is 5.91 Å². The van der Waals surface area contributed by atoms with Gasteiger partial charge < -0.3 is 20.1 Å². The Morgan fingerprint density at radius 3 is 2.60 bits per heavy atom. The number of amides is 2. The molecule has 1 atom stereocenters. The molecule has 0 aliphatic heterocycles. The van der Waals surface area contributed by atoms with Crippen LogP contribution >= 0.6 is 0 Å². The molecule has 0 heterocycles. The molecule has 0 spiro atoms. The molecule has 1 aromatic carbocycles. The molecule has 1 fully saturated rings. The van der Waals surface area contributed by atoms with Crippen molar-refractivity contribution in [2.45, 2.75) is 38.3 Å². The molecule has 0 radical (unpaired) electrons. The molecule has 1 unspecified atom stereocenters. The molecule has 1 saturated carbocycles. The van der Waals surface area contributed by atoms with Crippen LogP contribution in [0.2, 0.25) is 0 Å². The van der Waals surface area contributed by atoms with E-state index >= 15 is 0 Å². The standard InChI is InChI=1S/C18H24N2O5/c1-12(21)14-5-4-6-15(11-14)25-13(2)16(22)20-18(7-8-18)17(23)19-9-10-24-3/h4-6,11,13H,7-10H2,1-3H3,(H,19,23)(H,20,22). The summed E-state index contributed by atoms with van der Waals surface area (Å²) in [6.45, 7) is 3.89. The Bertz CT molecular complexity index is 655. The van der Waals surface area contributed by atoms with Crippen LogP contribution in [-0.2, 0) is 14.3 Å². The van der Waals surface area contributed by atoms with Gasteiger partial charge in [0.15, 0.2) is 11.9 Å². The normalized spacial score (nSPS) is 15.8. The first-order chi connectivity index (χ1) is 11.9. The third-order valence-corrected chi connectivity index (χ3v) is 4.06. The molecule has 2 rings (SSSR count). The summed E-state index contributed by atoms with van der Waals surface area (Å²) in [6.07, 6.45) is 0.417. The lowest BCUT2D eigenvalue weighted by Gasteiger charge is -2.20. The molecular weight excluding hydrogens is 324 g/mol. The molecule has 1 aliphatic rings. The first-order valence-corrected chi connectivity index (χ1v) is 8.25. The van der Waals surface area contributed by atoms with Crippen molar-refractivity contribution in [1.82, 2.24) is 10.6 Å². The van der Waals surface area contributed by atoms with Crippen LogP contribution in [0.25, 0.3) is 0 Å². The van der Waals surface area contributed by atoms with Crippen molar-refractivity contribution in [3.8, 4) is 5.75 Å². The van der Waals surface area contributed by atoms with E-state index in [1.54, 1.807) is 38.3 Å². The van der Waals surface area contributed by atoms with Crippen LogP contribution in [0.4, 0.5) is 0 Å². The zero-order chi connectivity index (χ0) is 18.4. The minimum absolute atomic E-state index is 0.0767. The number of nitrogens with one attached hydrogen (secondary N) is 2. The average Bonchev–Trinajstić information content (AvgIpc) is 3.36. The fourth-order valence-corrected chi connectivity index (χ4v) is 2.35. The summed E-state index contributed by atoms with van der Waals surface area (Å²) in [7, 11) is 1.56. The predicted molar refractivity (Wildman–Crippen MR) is 91.5 cm³/mol. The first kappa shape index (κ1) is 18.9. The van der Waals surface area contributed by atoms with E-state index in [1.807, 2.05) is 0 Å². The van der Waals surface area contributed by atoms with Gasteiger partial charge in [0, 0.05) is 19.2 Å². The number of carbonyl (C=O) groups is 3. The number of hydrogen-bond acceptors (Lipinski definition) is 5. The fraction of sp³-hybridized carbons (Fsp3) is 0.500. The molecule has 1 aliphatic carbocycles. The monoisotopic (exact) mass is 348 g/mol. The Morgan fingerprint density at radius 2 is 2.00 bits per heavy atom. The Morgan fingerprint density at radius 1 is 1.28 bits per heavy atom. The lowest BCUT2D eigenvalue weighted by Crippen LogP contribution is -2.52. The van der Waals surface area contributed by atoms with Gasteiger partial charge in [-0.1, -0.05) is 12.1 Å². The van der Waals surface area contributed by atoms with Crippen molar-refractivity contribution in [3.63, 3.8) is 0 Å². The van der Waals surface area contributed by atoms with E-state index in [0.717, 1.165) is 0 Å². The maximum absolute atomic E-state index is 12.3. The third-order valence-electron chi connectivity index (χ3n) is 4.06. The molecule has 2 amide bonds. The molecule has 2 N–H and O–H groups in total. The van der Waals surface area contributed by atoms with E-state index in [-0.39, 0.29) is 17.6 Å². The van der Waals surface area contributed by atoms with Crippen LogP contribution < -0.4 is 15.4 Å². The number of ether oxygens (including phenoxy) is 2. The number of benzene rings is 1. The number of rotatable bonds is 9. The van der Waals surface area contributed by atoms with Crippen molar-refractivity contribution < 1.29 is 23.9 Å². The number of ketones is 1. The number of Topliss-reactive ketones (excluding diaryl/α,β-unsaturated/α-hetero) is 1. The third kappa shape index (κ3) is 5.03. The minimum Gasteiger partial charge on any atom is -0.481 e. The van der Waals surface area contributed by atoms with E-state index in [2.05, 4.69) is 10.6 Å². The average molecular weight is 348 g/mol. The summed E-state index contributed by atoms with van der Waals surface area (Å²) in [5.41, 5.74) is -0.328. The van der Waals surface area contributed by atoms with Crippen LogP contribution in [0.15, 0.2) is 24.3 Å². The second-order valence-corrected chi connectivity index (χ2v) is 6.16. The Kier molecular flexibility index (Phi) is 6.14. The van der Waals surface area contributed by atoms with Crippen LogP contribution in [0.3, 0.4) is 0 Å². The zero-order valence-electron chi connectivity index (χ0n) is 14.8.